The molecule has 0 unspecified atom stereocenters. The fraction of sp³-hybridized carbons (Fsp3) is 0. The smallest absolute Gasteiger partial charge is 0.204 e. The van der Waals surface area contributed by atoms with Crippen LogP contribution in [0.25, 0.3) is 21.9 Å². The van der Waals surface area contributed by atoms with Crippen LogP contribution in [0, 0.1) is 0 Å². The zero-order valence-corrected chi connectivity index (χ0v) is 14.6. The van der Waals surface area contributed by atoms with Crippen LogP contribution in [-0.4, -0.2) is 16.4 Å². The summed E-state index contributed by atoms with van der Waals surface area (Å²) in [5, 5.41) is 24.7. The van der Waals surface area contributed by atoms with Gasteiger partial charge in [-0.1, -0.05) is 23.7 Å². The number of phenolic OH excluding ortho intramolecular Hbond substituents is 2. The Morgan fingerprint density at radius 1 is 1.07 bits per heavy atom. The summed E-state index contributed by atoms with van der Waals surface area (Å²) in [4.78, 5) is 12.7. The van der Waals surface area contributed by atoms with Gasteiger partial charge in [0.2, 0.25) is 5.43 Å². The zero-order valence-electron chi connectivity index (χ0n) is 13.8. The van der Waals surface area contributed by atoms with Gasteiger partial charge in [-0.3, -0.25) is 10.2 Å². The summed E-state index contributed by atoms with van der Waals surface area (Å²) in [6.45, 7) is 0. The van der Waals surface area contributed by atoms with Gasteiger partial charge in [-0.25, -0.2) is 0 Å². The summed E-state index contributed by atoms with van der Waals surface area (Å²) in [5.41, 5.74) is 4.13. The first-order valence-corrected chi connectivity index (χ1v) is 8.37. The van der Waals surface area contributed by atoms with Gasteiger partial charge in [0.15, 0.2) is 0 Å². The molecule has 0 amide bonds. The van der Waals surface area contributed by atoms with Gasteiger partial charge >= 0.3 is 0 Å². The number of halogens is 1. The minimum Gasteiger partial charge on any atom is -0.508 e. The van der Waals surface area contributed by atoms with E-state index in [0.717, 1.165) is 6.07 Å². The number of phenols is 2. The lowest BCUT2D eigenvalue weighted by atomic mass is 10.1. The number of hydrazone groups is 1. The fourth-order valence-electron chi connectivity index (χ4n) is 2.82. The Morgan fingerprint density at radius 3 is 2.70 bits per heavy atom. The number of nitrogens with one attached hydrogen (secondary N) is 1. The molecular formula is C20H13ClN2O4. The Balaban J connectivity index is 1.82. The summed E-state index contributed by atoms with van der Waals surface area (Å²) < 4.78 is 5.78. The standard InChI is InChI=1S/C20H13ClN2O4/c21-12-4-2-5-13(7-12)23-22-10-11-3-1-6-15-19(26)18-16(25)8-14(24)9-17(18)27-20(11)15/h1-10,23-25H/b22-10+. The molecule has 0 atom stereocenters. The molecule has 0 aliphatic heterocycles. The first-order valence-electron chi connectivity index (χ1n) is 7.99. The lowest BCUT2D eigenvalue weighted by Gasteiger charge is -2.06. The van der Waals surface area contributed by atoms with Crippen LogP contribution in [-0.2, 0) is 0 Å². The van der Waals surface area contributed by atoms with Crippen LogP contribution in [0.15, 0.2) is 68.9 Å². The van der Waals surface area contributed by atoms with Crippen molar-refractivity contribution < 1.29 is 14.6 Å². The van der Waals surface area contributed by atoms with Crippen LogP contribution in [0.2, 0.25) is 5.02 Å². The average Bonchev–Trinajstić information content (AvgIpc) is 2.62. The number of anilines is 1. The molecular weight excluding hydrogens is 368 g/mol. The fourth-order valence-corrected chi connectivity index (χ4v) is 3.01. The van der Waals surface area contributed by atoms with Crippen LogP contribution in [0.5, 0.6) is 11.5 Å². The first kappa shape index (κ1) is 16.9. The van der Waals surface area contributed by atoms with Gasteiger partial charge in [-0.05, 0) is 30.3 Å². The molecule has 27 heavy (non-hydrogen) atoms. The van der Waals surface area contributed by atoms with E-state index in [9.17, 15) is 15.0 Å². The van der Waals surface area contributed by atoms with Crippen molar-refractivity contribution in [1.82, 2.24) is 0 Å². The second-order valence-electron chi connectivity index (χ2n) is 5.87. The molecule has 0 saturated heterocycles. The molecule has 7 heteroatoms. The summed E-state index contributed by atoms with van der Waals surface area (Å²) in [6.07, 6.45) is 1.51. The highest BCUT2D eigenvalue weighted by atomic mass is 35.5. The van der Waals surface area contributed by atoms with E-state index in [2.05, 4.69) is 10.5 Å². The van der Waals surface area contributed by atoms with Crippen LogP contribution in [0.3, 0.4) is 0 Å². The number of rotatable bonds is 3. The van der Waals surface area contributed by atoms with E-state index in [1.807, 2.05) is 6.07 Å². The van der Waals surface area contributed by atoms with Crippen LogP contribution < -0.4 is 10.9 Å². The van der Waals surface area contributed by atoms with Gasteiger partial charge in [0.1, 0.15) is 28.1 Å². The predicted octanol–water partition coefficient (Wildman–Crippen LogP) is 4.46. The van der Waals surface area contributed by atoms with Crippen molar-refractivity contribution in [3.05, 3.63) is 75.4 Å². The third-order valence-electron chi connectivity index (χ3n) is 4.02. The monoisotopic (exact) mass is 380 g/mol. The third-order valence-corrected chi connectivity index (χ3v) is 4.25. The highest BCUT2D eigenvalue weighted by Crippen LogP contribution is 2.30. The molecule has 6 nitrogen and oxygen atoms in total. The predicted molar refractivity (Wildman–Crippen MR) is 106 cm³/mol. The molecule has 3 N–H and O–H groups in total. The van der Waals surface area contributed by atoms with Crippen LogP contribution in [0.1, 0.15) is 5.56 Å². The average molecular weight is 381 g/mol. The lowest BCUT2D eigenvalue weighted by molar-refractivity contribution is 0.453. The van der Waals surface area contributed by atoms with Crippen LogP contribution in [0.4, 0.5) is 5.69 Å². The van der Waals surface area contributed by atoms with Crippen molar-refractivity contribution in [3.8, 4) is 11.5 Å². The molecule has 0 saturated carbocycles. The number of hydrogen-bond donors (Lipinski definition) is 3. The molecule has 4 aromatic rings. The Morgan fingerprint density at radius 2 is 1.89 bits per heavy atom. The van der Waals surface area contributed by atoms with Gasteiger partial charge in [-0.15, -0.1) is 0 Å². The Labute approximate surface area is 157 Å². The van der Waals surface area contributed by atoms with Crippen molar-refractivity contribution >= 4 is 45.4 Å². The Hall–Kier alpha value is -3.51. The van der Waals surface area contributed by atoms with E-state index >= 15 is 0 Å². The number of hydrogen-bond acceptors (Lipinski definition) is 6. The van der Waals surface area contributed by atoms with Crippen molar-refractivity contribution in [1.29, 1.82) is 0 Å². The normalized spacial score (nSPS) is 11.4. The SMILES string of the molecule is O=c1c2cccc(/C=N/Nc3cccc(Cl)c3)c2oc2cc(O)cc(O)c12. The van der Waals surface area contributed by atoms with E-state index < -0.39 is 0 Å². The third kappa shape index (κ3) is 3.18. The Kier molecular flexibility index (Phi) is 4.18. The summed E-state index contributed by atoms with van der Waals surface area (Å²) >= 11 is 5.93. The first-order chi connectivity index (χ1) is 13.0. The van der Waals surface area contributed by atoms with Crippen molar-refractivity contribution in [2.24, 2.45) is 5.10 Å². The molecule has 1 aromatic heterocycles. The van der Waals surface area contributed by atoms with Crippen molar-refractivity contribution in [2.75, 3.05) is 5.43 Å². The minimum absolute atomic E-state index is 0.0199. The lowest BCUT2D eigenvalue weighted by Crippen LogP contribution is -2.04. The topological polar surface area (TPSA) is 95.1 Å². The molecule has 0 fully saturated rings. The minimum atomic E-state index is -0.387. The van der Waals surface area contributed by atoms with Crippen molar-refractivity contribution in [3.63, 3.8) is 0 Å². The van der Waals surface area contributed by atoms with Gasteiger partial charge in [-0.2, -0.15) is 5.10 Å². The van der Waals surface area contributed by atoms with Gasteiger partial charge in [0, 0.05) is 22.7 Å². The van der Waals surface area contributed by atoms with E-state index in [1.54, 1.807) is 36.4 Å². The molecule has 0 bridgehead atoms. The highest BCUT2D eigenvalue weighted by Gasteiger charge is 2.14. The molecule has 1 heterocycles. The number of aromatic hydroxyl groups is 2. The maximum Gasteiger partial charge on any atom is 0.204 e. The summed E-state index contributed by atoms with van der Waals surface area (Å²) in [7, 11) is 0. The highest BCUT2D eigenvalue weighted by molar-refractivity contribution is 6.30. The van der Waals surface area contributed by atoms with E-state index in [-0.39, 0.29) is 27.9 Å². The quantitative estimate of drug-likeness (QED) is 0.277. The zero-order chi connectivity index (χ0) is 19.0. The maximum absolute atomic E-state index is 12.7. The Bertz CT molecular complexity index is 1260. The second kappa shape index (κ2) is 6.66. The van der Waals surface area contributed by atoms with Gasteiger partial charge in [0.05, 0.1) is 17.3 Å². The number of benzene rings is 3. The second-order valence-corrected chi connectivity index (χ2v) is 6.31. The maximum atomic E-state index is 12.7. The molecule has 4 rings (SSSR count). The van der Waals surface area contributed by atoms with E-state index in [4.69, 9.17) is 16.0 Å². The molecule has 0 spiro atoms. The van der Waals surface area contributed by atoms with Gasteiger partial charge in [0.25, 0.3) is 0 Å². The van der Waals surface area contributed by atoms with E-state index in [1.165, 1.54) is 12.3 Å². The number of fused-ring (bicyclic) bond motifs is 2. The largest absolute Gasteiger partial charge is 0.508 e. The summed E-state index contributed by atoms with van der Waals surface area (Å²) in [6, 6.07) is 14.5. The molecule has 3 aromatic carbocycles. The molecule has 0 aliphatic rings. The molecule has 0 radical (unpaired) electrons. The van der Waals surface area contributed by atoms with E-state index in [0.29, 0.717) is 27.2 Å². The van der Waals surface area contributed by atoms with Crippen LogP contribution >= 0.6 is 11.6 Å². The number of nitrogens with zero attached hydrogens (tertiary/aromatic N) is 1. The molecule has 134 valence electrons. The number of para-hydroxylation sites is 1. The molecule has 0 aliphatic carbocycles. The van der Waals surface area contributed by atoms with Gasteiger partial charge < -0.3 is 14.6 Å². The van der Waals surface area contributed by atoms with Crippen molar-refractivity contribution in [2.45, 2.75) is 0 Å². The summed E-state index contributed by atoms with van der Waals surface area (Å²) in [5.74, 6) is -0.529.